The van der Waals surface area contributed by atoms with Crippen molar-refractivity contribution in [3.05, 3.63) is 77.2 Å². The second-order valence-electron chi connectivity index (χ2n) is 7.22. The molecule has 0 saturated carbocycles. The molecule has 0 spiro atoms. The number of hydrogen-bond donors (Lipinski definition) is 0. The molecule has 32 heavy (non-hydrogen) atoms. The maximum absolute atomic E-state index is 13.5. The van der Waals surface area contributed by atoms with Crippen LogP contribution in [0, 0.1) is 0 Å². The highest BCUT2D eigenvalue weighted by molar-refractivity contribution is 7.22. The van der Waals surface area contributed by atoms with E-state index in [0.29, 0.717) is 32.7 Å². The number of nitrogens with zero attached hydrogens (tertiary/aromatic N) is 3. The predicted octanol–water partition coefficient (Wildman–Crippen LogP) is 5.04. The lowest BCUT2D eigenvalue weighted by atomic mass is 10.1. The van der Waals surface area contributed by atoms with Crippen LogP contribution < -0.4 is 9.80 Å². The molecular formula is C23H16ClN3O4S. The van der Waals surface area contributed by atoms with Crippen molar-refractivity contribution in [3.8, 4) is 0 Å². The molecule has 1 aliphatic heterocycles. The summed E-state index contributed by atoms with van der Waals surface area (Å²) in [5, 5.41) is 1.00. The summed E-state index contributed by atoms with van der Waals surface area (Å²) in [6, 6.07) is 15.5. The average molecular weight is 466 g/mol. The van der Waals surface area contributed by atoms with Gasteiger partial charge in [0.25, 0.3) is 5.91 Å². The predicted molar refractivity (Wildman–Crippen MR) is 122 cm³/mol. The highest BCUT2D eigenvalue weighted by atomic mass is 35.5. The number of furan rings is 1. The van der Waals surface area contributed by atoms with E-state index in [1.54, 1.807) is 48.7 Å². The Kier molecular flexibility index (Phi) is 5.24. The van der Waals surface area contributed by atoms with Crippen LogP contribution in [0.1, 0.15) is 29.0 Å². The first-order valence-electron chi connectivity index (χ1n) is 9.86. The number of fused-ring (bicyclic) bond motifs is 1. The van der Waals surface area contributed by atoms with Gasteiger partial charge in [0, 0.05) is 18.4 Å². The Balaban J connectivity index is 1.49. The van der Waals surface area contributed by atoms with Crippen LogP contribution in [-0.2, 0) is 16.1 Å². The first-order chi connectivity index (χ1) is 15.5. The number of rotatable bonds is 5. The van der Waals surface area contributed by atoms with E-state index in [1.165, 1.54) is 16.2 Å². The van der Waals surface area contributed by atoms with E-state index in [0.717, 1.165) is 9.60 Å². The summed E-state index contributed by atoms with van der Waals surface area (Å²) in [5.74, 6) is -0.157. The Morgan fingerprint density at radius 3 is 2.47 bits per heavy atom. The molecule has 1 aliphatic rings. The fourth-order valence-corrected chi connectivity index (χ4v) is 4.84. The Morgan fingerprint density at radius 2 is 1.81 bits per heavy atom. The van der Waals surface area contributed by atoms with Gasteiger partial charge in [-0.2, -0.15) is 0 Å². The second-order valence-corrected chi connectivity index (χ2v) is 8.64. The van der Waals surface area contributed by atoms with Gasteiger partial charge < -0.3 is 4.42 Å². The van der Waals surface area contributed by atoms with Crippen molar-refractivity contribution >= 4 is 61.7 Å². The van der Waals surface area contributed by atoms with Crippen LogP contribution >= 0.6 is 22.9 Å². The Labute approximate surface area is 191 Å². The van der Waals surface area contributed by atoms with Crippen molar-refractivity contribution < 1.29 is 18.8 Å². The Bertz CT molecular complexity index is 1320. The quantitative estimate of drug-likeness (QED) is 0.385. The van der Waals surface area contributed by atoms with Gasteiger partial charge in [0.1, 0.15) is 11.3 Å². The smallest absolute Gasteiger partial charge is 0.260 e. The standard InChI is InChI=1S/C23H16ClN3O4S/c24-17-4-1-5-18-21(17)25-23(32-18)26(13-16-3-2-12-31-16)22(30)14-6-8-15(9-7-14)27-19(28)10-11-20(27)29/h1-9,12H,10-11,13H2. The van der Waals surface area contributed by atoms with E-state index in [-0.39, 0.29) is 37.1 Å². The minimum Gasteiger partial charge on any atom is -0.467 e. The third-order valence-electron chi connectivity index (χ3n) is 5.15. The van der Waals surface area contributed by atoms with Gasteiger partial charge >= 0.3 is 0 Å². The van der Waals surface area contributed by atoms with Gasteiger partial charge in [-0.15, -0.1) is 0 Å². The zero-order chi connectivity index (χ0) is 22.2. The number of anilines is 2. The Morgan fingerprint density at radius 1 is 1.06 bits per heavy atom. The maximum atomic E-state index is 13.5. The monoisotopic (exact) mass is 465 g/mol. The number of carbonyl (C=O) groups is 3. The minimum absolute atomic E-state index is 0.189. The molecule has 0 radical (unpaired) electrons. The number of thiazole rings is 1. The van der Waals surface area contributed by atoms with Crippen molar-refractivity contribution in [2.75, 3.05) is 9.80 Å². The molecule has 5 rings (SSSR count). The highest BCUT2D eigenvalue weighted by Gasteiger charge is 2.30. The van der Waals surface area contributed by atoms with Crippen molar-refractivity contribution in [1.29, 1.82) is 0 Å². The molecule has 0 bridgehead atoms. The largest absolute Gasteiger partial charge is 0.467 e. The molecular weight excluding hydrogens is 450 g/mol. The van der Waals surface area contributed by atoms with Gasteiger partial charge in [-0.25, -0.2) is 4.98 Å². The summed E-state index contributed by atoms with van der Waals surface area (Å²) >= 11 is 7.64. The normalized spacial score (nSPS) is 13.8. The summed E-state index contributed by atoms with van der Waals surface area (Å²) in [7, 11) is 0. The molecule has 0 atom stereocenters. The first kappa shape index (κ1) is 20.4. The fourth-order valence-electron chi connectivity index (χ4n) is 3.58. The molecule has 0 unspecified atom stereocenters. The van der Waals surface area contributed by atoms with Crippen LogP contribution in [0.15, 0.2) is 65.3 Å². The van der Waals surface area contributed by atoms with Crippen LogP contribution in [0.4, 0.5) is 10.8 Å². The summed E-state index contributed by atoms with van der Waals surface area (Å²) in [6.07, 6.45) is 1.96. The zero-order valence-electron chi connectivity index (χ0n) is 16.7. The minimum atomic E-state index is -0.290. The van der Waals surface area contributed by atoms with Gasteiger partial charge in [0.05, 0.1) is 28.2 Å². The third-order valence-corrected chi connectivity index (χ3v) is 6.50. The number of para-hydroxylation sites is 1. The van der Waals surface area contributed by atoms with Crippen molar-refractivity contribution in [1.82, 2.24) is 4.98 Å². The molecule has 4 aromatic rings. The van der Waals surface area contributed by atoms with E-state index in [4.69, 9.17) is 16.0 Å². The number of imide groups is 1. The summed E-state index contributed by atoms with van der Waals surface area (Å²) in [4.78, 5) is 44.7. The molecule has 0 aliphatic carbocycles. The lowest BCUT2D eigenvalue weighted by Crippen LogP contribution is -2.31. The number of carbonyl (C=O) groups excluding carboxylic acids is 3. The molecule has 3 heterocycles. The van der Waals surface area contributed by atoms with E-state index < -0.39 is 0 Å². The van der Waals surface area contributed by atoms with Gasteiger partial charge in [-0.05, 0) is 48.5 Å². The molecule has 2 aromatic heterocycles. The zero-order valence-corrected chi connectivity index (χ0v) is 18.2. The average Bonchev–Trinajstić information content (AvgIpc) is 3.53. The van der Waals surface area contributed by atoms with Gasteiger partial charge in [-0.1, -0.05) is 29.0 Å². The van der Waals surface area contributed by atoms with Crippen LogP contribution in [-0.4, -0.2) is 22.7 Å². The number of hydrogen-bond acceptors (Lipinski definition) is 6. The molecule has 1 fully saturated rings. The molecule has 1 saturated heterocycles. The van der Waals surface area contributed by atoms with Crippen molar-refractivity contribution in [2.45, 2.75) is 19.4 Å². The van der Waals surface area contributed by atoms with Crippen molar-refractivity contribution in [3.63, 3.8) is 0 Å². The van der Waals surface area contributed by atoms with E-state index >= 15 is 0 Å². The lowest BCUT2D eigenvalue weighted by molar-refractivity contribution is -0.121. The molecule has 9 heteroatoms. The van der Waals surface area contributed by atoms with Crippen LogP contribution in [0.2, 0.25) is 5.02 Å². The van der Waals surface area contributed by atoms with E-state index in [1.807, 2.05) is 12.1 Å². The first-order valence-corrected chi connectivity index (χ1v) is 11.1. The fraction of sp³-hybridized carbons (Fsp3) is 0.130. The Hall–Kier alpha value is -3.49. The molecule has 0 N–H and O–H groups in total. The van der Waals surface area contributed by atoms with E-state index in [2.05, 4.69) is 4.98 Å². The SMILES string of the molecule is O=C(c1ccc(N2C(=O)CCC2=O)cc1)N(Cc1ccco1)c1nc2c(Cl)cccc2s1. The van der Waals surface area contributed by atoms with Crippen LogP contribution in [0.3, 0.4) is 0 Å². The van der Waals surface area contributed by atoms with Crippen molar-refractivity contribution in [2.24, 2.45) is 0 Å². The number of amides is 3. The molecule has 160 valence electrons. The molecule has 2 aromatic carbocycles. The number of halogens is 1. The summed E-state index contributed by atoms with van der Waals surface area (Å²) < 4.78 is 6.32. The van der Waals surface area contributed by atoms with Crippen LogP contribution in [0.25, 0.3) is 10.2 Å². The van der Waals surface area contributed by atoms with Crippen LogP contribution in [0.5, 0.6) is 0 Å². The van der Waals surface area contributed by atoms with Gasteiger partial charge in [0.15, 0.2) is 5.13 Å². The highest BCUT2D eigenvalue weighted by Crippen LogP contribution is 2.34. The summed E-state index contributed by atoms with van der Waals surface area (Å²) in [5.41, 5.74) is 1.48. The van der Waals surface area contributed by atoms with Gasteiger partial charge in [0.2, 0.25) is 11.8 Å². The number of benzene rings is 2. The lowest BCUT2D eigenvalue weighted by Gasteiger charge is -2.19. The molecule has 3 amide bonds. The topological polar surface area (TPSA) is 83.7 Å². The third kappa shape index (κ3) is 3.68. The maximum Gasteiger partial charge on any atom is 0.260 e. The molecule has 7 nitrogen and oxygen atoms in total. The van der Waals surface area contributed by atoms with E-state index in [9.17, 15) is 14.4 Å². The number of aromatic nitrogens is 1. The second kappa shape index (κ2) is 8.22. The van der Waals surface area contributed by atoms with Gasteiger partial charge in [-0.3, -0.25) is 24.2 Å². The summed E-state index contributed by atoms with van der Waals surface area (Å²) in [6.45, 7) is 0.189.